The largest absolute Gasteiger partial charge is 0.374 e. The maximum atomic E-state index is 5.75. The van der Waals surface area contributed by atoms with Crippen molar-refractivity contribution in [1.29, 1.82) is 0 Å². The van der Waals surface area contributed by atoms with E-state index in [1.165, 1.54) is 5.69 Å². The summed E-state index contributed by atoms with van der Waals surface area (Å²) in [5, 5.41) is 5.33. The van der Waals surface area contributed by atoms with Crippen molar-refractivity contribution in [2.45, 2.75) is 32.5 Å². The summed E-state index contributed by atoms with van der Waals surface area (Å²) < 4.78 is 8.84. The second-order valence-electron chi connectivity index (χ2n) is 4.86. The molecule has 1 fully saturated rings. The Morgan fingerprint density at radius 3 is 2.78 bits per heavy atom. The maximum Gasteiger partial charge on any atom is 0.0799 e. The third-order valence-electron chi connectivity index (χ3n) is 3.42. The number of morpholine rings is 1. The van der Waals surface area contributed by atoms with Gasteiger partial charge in [0.15, 0.2) is 0 Å². The minimum atomic E-state index is 0.286. The van der Waals surface area contributed by atoms with Crippen LogP contribution in [0.4, 0.5) is 0 Å². The normalized spacial score (nSPS) is 25.6. The second-order valence-corrected chi connectivity index (χ2v) is 6.30. The van der Waals surface area contributed by atoms with E-state index in [-0.39, 0.29) is 6.10 Å². The Bertz CT molecular complexity index is 422. The standard InChI is InChI=1S/C12H19Br2N3O/c1-8-7-18-10(4-13)5-17(8)6-11-12(14)9(2)15-16(11)3/h8,10H,4-7H2,1-3H3. The van der Waals surface area contributed by atoms with Gasteiger partial charge in [-0.15, -0.1) is 0 Å². The van der Waals surface area contributed by atoms with Gasteiger partial charge in [-0.05, 0) is 29.8 Å². The Morgan fingerprint density at radius 1 is 1.50 bits per heavy atom. The molecule has 0 radical (unpaired) electrons. The summed E-state index contributed by atoms with van der Waals surface area (Å²) in [4.78, 5) is 2.46. The van der Waals surface area contributed by atoms with Crippen LogP contribution in [-0.4, -0.2) is 45.3 Å². The molecule has 2 rings (SSSR count). The fourth-order valence-corrected chi connectivity index (χ4v) is 3.09. The molecule has 0 spiro atoms. The first-order chi connectivity index (χ1) is 8.52. The van der Waals surface area contributed by atoms with Gasteiger partial charge in [-0.3, -0.25) is 9.58 Å². The first-order valence-electron chi connectivity index (χ1n) is 6.12. The molecule has 2 atom stereocenters. The van der Waals surface area contributed by atoms with E-state index < -0.39 is 0 Å². The van der Waals surface area contributed by atoms with E-state index in [0.717, 1.165) is 35.2 Å². The summed E-state index contributed by atoms with van der Waals surface area (Å²) in [5.74, 6) is 0. The Hall–Kier alpha value is 0.0900. The lowest BCUT2D eigenvalue weighted by molar-refractivity contribution is -0.0507. The van der Waals surface area contributed by atoms with Crippen molar-refractivity contribution in [3.8, 4) is 0 Å². The van der Waals surface area contributed by atoms with Gasteiger partial charge in [0.1, 0.15) is 0 Å². The fraction of sp³-hybridized carbons (Fsp3) is 0.750. The molecule has 6 heteroatoms. The number of aryl methyl sites for hydroxylation is 2. The van der Waals surface area contributed by atoms with Crippen molar-refractivity contribution in [3.05, 3.63) is 15.9 Å². The molecule has 1 aromatic rings. The molecular weight excluding hydrogens is 362 g/mol. The molecule has 0 bridgehead atoms. The maximum absolute atomic E-state index is 5.75. The summed E-state index contributed by atoms with van der Waals surface area (Å²) >= 11 is 7.13. The summed E-state index contributed by atoms with van der Waals surface area (Å²) in [6, 6.07) is 0.447. The Labute approximate surface area is 125 Å². The van der Waals surface area contributed by atoms with Crippen LogP contribution in [0.25, 0.3) is 0 Å². The smallest absolute Gasteiger partial charge is 0.0799 e. The topological polar surface area (TPSA) is 30.3 Å². The van der Waals surface area contributed by atoms with Crippen LogP contribution in [0.1, 0.15) is 18.3 Å². The number of hydrogen-bond donors (Lipinski definition) is 0. The number of ether oxygens (including phenoxy) is 1. The van der Waals surface area contributed by atoms with E-state index >= 15 is 0 Å². The van der Waals surface area contributed by atoms with Gasteiger partial charge in [-0.25, -0.2) is 0 Å². The van der Waals surface area contributed by atoms with E-state index in [1.807, 2.05) is 18.7 Å². The van der Waals surface area contributed by atoms with Gasteiger partial charge in [0.25, 0.3) is 0 Å². The Kier molecular flexibility index (Phi) is 4.86. The van der Waals surface area contributed by atoms with Crippen LogP contribution in [0.5, 0.6) is 0 Å². The average Bonchev–Trinajstić information content (AvgIpc) is 2.58. The van der Waals surface area contributed by atoms with Crippen LogP contribution in [0, 0.1) is 6.92 Å². The van der Waals surface area contributed by atoms with E-state index in [9.17, 15) is 0 Å². The summed E-state index contributed by atoms with van der Waals surface area (Å²) in [5.41, 5.74) is 2.28. The monoisotopic (exact) mass is 379 g/mol. The molecule has 2 heterocycles. The molecule has 18 heavy (non-hydrogen) atoms. The van der Waals surface area contributed by atoms with Crippen molar-refractivity contribution in [2.75, 3.05) is 18.5 Å². The molecule has 0 aliphatic carbocycles. The zero-order valence-corrected chi connectivity index (χ0v) is 14.2. The zero-order valence-electron chi connectivity index (χ0n) is 11.0. The summed E-state index contributed by atoms with van der Waals surface area (Å²) in [6.45, 7) is 6.90. The highest BCUT2D eigenvalue weighted by molar-refractivity contribution is 9.10. The number of alkyl halides is 1. The van der Waals surface area contributed by atoms with Crippen LogP contribution < -0.4 is 0 Å². The van der Waals surface area contributed by atoms with Gasteiger partial charge in [0.05, 0.1) is 28.6 Å². The molecule has 1 saturated heterocycles. The number of hydrogen-bond acceptors (Lipinski definition) is 3. The molecule has 4 nitrogen and oxygen atoms in total. The minimum Gasteiger partial charge on any atom is -0.374 e. The molecule has 2 unspecified atom stereocenters. The average molecular weight is 381 g/mol. The highest BCUT2D eigenvalue weighted by atomic mass is 79.9. The molecule has 0 aromatic carbocycles. The lowest BCUT2D eigenvalue weighted by Crippen LogP contribution is -2.48. The number of halogens is 2. The molecular formula is C12H19Br2N3O. The van der Waals surface area contributed by atoms with Crippen molar-refractivity contribution >= 4 is 31.9 Å². The number of aromatic nitrogens is 2. The predicted octanol–water partition coefficient (Wildman–Crippen LogP) is 2.48. The molecule has 102 valence electrons. The van der Waals surface area contributed by atoms with Crippen LogP contribution in [0.15, 0.2) is 4.47 Å². The van der Waals surface area contributed by atoms with Gasteiger partial charge < -0.3 is 4.74 Å². The first-order valence-corrected chi connectivity index (χ1v) is 8.04. The highest BCUT2D eigenvalue weighted by Gasteiger charge is 2.27. The van der Waals surface area contributed by atoms with Gasteiger partial charge in [-0.1, -0.05) is 15.9 Å². The summed E-state index contributed by atoms with van der Waals surface area (Å²) in [6.07, 6.45) is 0.286. The third-order valence-corrected chi connectivity index (χ3v) is 5.17. The molecule has 0 N–H and O–H groups in total. The zero-order chi connectivity index (χ0) is 13.3. The van der Waals surface area contributed by atoms with Crippen LogP contribution in [0.2, 0.25) is 0 Å². The van der Waals surface area contributed by atoms with E-state index in [1.54, 1.807) is 0 Å². The van der Waals surface area contributed by atoms with Crippen molar-refractivity contribution in [1.82, 2.24) is 14.7 Å². The van der Waals surface area contributed by atoms with Gasteiger partial charge in [-0.2, -0.15) is 5.10 Å². The van der Waals surface area contributed by atoms with Crippen molar-refractivity contribution < 1.29 is 4.74 Å². The number of nitrogens with zero attached hydrogens (tertiary/aromatic N) is 3. The molecule has 1 aliphatic rings. The van der Waals surface area contributed by atoms with E-state index in [2.05, 4.69) is 48.8 Å². The number of rotatable bonds is 3. The fourth-order valence-electron chi connectivity index (χ4n) is 2.23. The lowest BCUT2D eigenvalue weighted by Gasteiger charge is -2.37. The Morgan fingerprint density at radius 2 is 2.22 bits per heavy atom. The Balaban J connectivity index is 2.11. The van der Waals surface area contributed by atoms with Gasteiger partial charge >= 0.3 is 0 Å². The second kappa shape index (κ2) is 6.03. The SMILES string of the molecule is Cc1nn(C)c(CN2CC(CBr)OCC2C)c1Br. The lowest BCUT2D eigenvalue weighted by atomic mass is 10.2. The van der Waals surface area contributed by atoms with Gasteiger partial charge in [0.2, 0.25) is 0 Å². The summed E-state index contributed by atoms with van der Waals surface area (Å²) in [7, 11) is 2.00. The molecule has 1 aromatic heterocycles. The molecule has 0 amide bonds. The first kappa shape index (κ1) is 14.5. The highest BCUT2D eigenvalue weighted by Crippen LogP contribution is 2.24. The van der Waals surface area contributed by atoms with Crippen LogP contribution in [0.3, 0.4) is 0 Å². The third kappa shape index (κ3) is 2.98. The van der Waals surface area contributed by atoms with E-state index in [4.69, 9.17) is 4.74 Å². The minimum absolute atomic E-state index is 0.286. The van der Waals surface area contributed by atoms with Gasteiger partial charge in [0, 0.05) is 31.5 Å². The molecule has 0 saturated carbocycles. The van der Waals surface area contributed by atoms with Crippen LogP contribution >= 0.6 is 31.9 Å². The van der Waals surface area contributed by atoms with Crippen LogP contribution in [-0.2, 0) is 18.3 Å². The van der Waals surface area contributed by atoms with Crippen molar-refractivity contribution in [3.63, 3.8) is 0 Å². The molecule has 1 aliphatic heterocycles. The van der Waals surface area contributed by atoms with E-state index in [0.29, 0.717) is 6.04 Å². The quantitative estimate of drug-likeness (QED) is 0.754. The van der Waals surface area contributed by atoms with Crippen molar-refractivity contribution in [2.24, 2.45) is 7.05 Å². The predicted molar refractivity (Wildman–Crippen MR) is 79.1 cm³/mol.